The molecule has 0 aliphatic rings. The van der Waals surface area contributed by atoms with Crippen LogP contribution in [0.25, 0.3) is 5.13 Å². The molecule has 0 unspecified atom stereocenters. The summed E-state index contributed by atoms with van der Waals surface area (Å²) in [6.07, 6.45) is 1.06. The minimum atomic E-state index is -3.62. The van der Waals surface area contributed by atoms with Crippen LogP contribution >= 0.6 is 11.3 Å². The van der Waals surface area contributed by atoms with Crippen molar-refractivity contribution in [3.8, 4) is 11.2 Å². The summed E-state index contributed by atoms with van der Waals surface area (Å²) >= 11 is 0.836. The molecule has 14 heteroatoms. The quantitative estimate of drug-likeness (QED) is 0.151. The lowest BCUT2D eigenvalue weighted by Crippen LogP contribution is -2.14. The zero-order valence-electron chi connectivity index (χ0n) is 29.6. The summed E-state index contributed by atoms with van der Waals surface area (Å²) < 4.78 is 25.6. The molecule has 0 aliphatic heterocycles. The molecule has 3 heterocycles. The summed E-state index contributed by atoms with van der Waals surface area (Å²) in [5.74, 6) is 1.18. The Balaban J connectivity index is 1.70. The van der Waals surface area contributed by atoms with E-state index < -0.39 is 15.3 Å². The van der Waals surface area contributed by atoms with Crippen molar-refractivity contribution in [2.75, 3.05) is 16.9 Å². The largest absolute Gasteiger partial charge is 0.340 e. The van der Waals surface area contributed by atoms with Gasteiger partial charge in [-0.25, -0.2) is 13.4 Å². The molecule has 0 bridgehead atoms. The van der Waals surface area contributed by atoms with Gasteiger partial charge in [0.15, 0.2) is 11.6 Å². The first-order valence-electron chi connectivity index (χ1n) is 15.6. The first-order chi connectivity index (χ1) is 22.9. The fraction of sp³-hybridized carbons (Fsp3) is 0.343. The van der Waals surface area contributed by atoms with Crippen LogP contribution in [0.4, 0.5) is 34.5 Å². The normalized spacial score (nSPS) is 12.0. The van der Waals surface area contributed by atoms with Gasteiger partial charge in [0.2, 0.25) is 19.3 Å². The van der Waals surface area contributed by atoms with E-state index in [1.807, 2.05) is 47.6 Å². The maximum atomic E-state index is 12.2. The van der Waals surface area contributed by atoms with Crippen molar-refractivity contribution in [2.24, 2.45) is 10.2 Å². The number of aromatic nitrogens is 5. The van der Waals surface area contributed by atoms with E-state index in [0.717, 1.165) is 62.3 Å². The molecule has 5 aromatic rings. The molecule has 0 atom stereocenters. The lowest BCUT2D eigenvalue weighted by molar-refractivity contribution is 0.558. The number of nitriles is 1. The number of aryl methyl sites for hydroxylation is 7. The standard InChI is InChI=1S/C35H40N10O2S2/c1-18-12-20(3)27(21(4)13-18)37-26-16-24(7)29(31(38-26)39-28-22(5)14-19(2)15-23(28)6)40-41-32-25(17-36)30(35(8,9)10)44-45(32)33-42-43-34(48-33)49(11,46)47/h12-16H,1-11H3,(H2,37,38,39). The highest BCUT2D eigenvalue weighted by molar-refractivity contribution is 7.92. The summed E-state index contributed by atoms with van der Waals surface area (Å²) in [5, 5.41) is 39.4. The molecule has 0 fully saturated rings. The molecule has 5 rings (SSSR count). The first kappa shape index (κ1) is 35.3. The lowest BCUT2D eigenvalue weighted by Gasteiger charge is -2.18. The van der Waals surface area contributed by atoms with Crippen LogP contribution in [0.3, 0.4) is 0 Å². The van der Waals surface area contributed by atoms with E-state index in [-0.39, 0.29) is 20.9 Å². The Bertz CT molecular complexity index is 2240. The number of anilines is 4. The summed E-state index contributed by atoms with van der Waals surface area (Å²) in [4.78, 5) is 4.99. The van der Waals surface area contributed by atoms with Gasteiger partial charge in [-0.05, 0) is 82.3 Å². The van der Waals surface area contributed by atoms with Crippen molar-refractivity contribution in [3.05, 3.63) is 80.5 Å². The molecule has 0 radical (unpaired) electrons. The number of azo groups is 1. The summed E-state index contributed by atoms with van der Waals surface area (Å²) in [6.45, 7) is 20.0. The van der Waals surface area contributed by atoms with Gasteiger partial charge in [-0.2, -0.15) is 15.0 Å². The van der Waals surface area contributed by atoms with Crippen molar-refractivity contribution < 1.29 is 8.42 Å². The third-order valence-corrected chi connectivity index (χ3v) is 10.4. The maximum absolute atomic E-state index is 12.2. The number of pyridine rings is 1. The SMILES string of the molecule is Cc1cc(C)c(Nc2cc(C)c(N=Nc3c(C#N)c(C(C)(C)C)nn3-c3nnc(S(C)(=O)=O)s3)c(Nc3c(C)cc(C)cc3C)n2)c(C)c1. The predicted octanol–water partition coefficient (Wildman–Crippen LogP) is 8.75. The predicted molar refractivity (Wildman–Crippen MR) is 195 cm³/mol. The molecule has 49 heavy (non-hydrogen) atoms. The van der Waals surface area contributed by atoms with Crippen LogP contribution in [0.5, 0.6) is 0 Å². The number of nitrogens with zero attached hydrogens (tertiary/aromatic N) is 8. The minimum absolute atomic E-state index is 0.102. The van der Waals surface area contributed by atoms with E-state index in [4.69, 9.17) is 4.98 Å². The van der Waals surface area contributed by atoms with E-state index in [9.17, 15) is 13.7 Å². The van der Waals surface area contributed by atoms with Crippen molar-refractivity contribution in [3.63, 3.8) is 0 Å². The molecule has 0 saturated heterocycles. The number of sulfone groups is 1. The molecule has 0 spiro atoms. The smallest absolute Gasteiger partial charge is 0.235 e. The minimum Gasteiger partial charge on any atom is -0.340 e. The fourth-order valence-corrected chi connectivity index (χ4v) is 7.29. The highest BCUT2D eigenvalue weighted by Gasteiger charge is 2.30. The Morgan fingerprint density at radius 2 is 1.37 bits per heavy atom. The Morgan fingerprint density at radius 3 is 1.86 bits per heavy atom. The van der Waals surface area contributed by atoms with Crippen molar-refractivity contribution in [1.82, 2.24) is 25.0 Å². The van der Waals surface area contributed by atoms with Crippen LogP contribution in [-0.2, 0) is 15.3 Å². The van der Waals surface area contributed by atoms with E-state index in [1.54, 1.807) is 0 Å². The second-order valence-corrected chi connectivity index (χ2v) is 16.6. The Kier molecular flexibility index (Phi) is 9.46. The number of benzene rings is 2. The van der Waals surface area contributed by atoms with Crippen LogP contribution in [0, 0.1) is 59.8 Å². The topological polar surface area (TPSA) is 163 Å². The Labute approximate surface area is 291 Å². The number of hydrogen-bond acceptors (Lipinski definition) is 12. The highest BCUT2D eigenvalue weighted by Crippen LogP contribution is 2.39. The Morgan fingerprint density at radius 1 is 0.816 bits per heavy atom. The molecular formula is C35H40N10O2S2. The molecule has 0 amide bonds. The van der Waals surface area contributed by atoms with E-state index in [0.29, 0.717) is 23.0 Å². The maximum Gasteiger partial charge on any atom is 0.235 e. The van der Waals surface area contributed by atoms with Gasteiger partial charge in [-0.3, -0.25) is 0 Å². The van der Waals surface area contributed by atoms with Crippen molar-refractivity contribution >= 4 is 55.7 Å². The zero-order valence-corrected chi connectivity index (χ0v) is 31.2. The van der Waals surface area contributed by atoms with Gasteiger partial charge in [-0.15, -0.1) is 20.4 Å². The van der Waals surface area contributed by atoms with Gasteiger partial charge in [0, 0.05) is 23.0 Å². The third kappa shape index (κ3) is 7.38. The highest BCUT2D eigenvalue weighted by atomic mass is 32.2. The van der Waals surface area contributed by atoms with Gasteiger partial charge in [-0.1, -0.05) is 67.5 Å². The van der Waals surface area contributed by atoms with Crippen LogP contribution in [0.1, 0.15) is 71.0 Å². The molecule has 2 aromatic carbocycles. The molecule has 12 nitrogen and oxygen atoms in total. The van der Waals surface area contributed by atoms with Crippen LogP contribution < -0.4 is 10.6 Å². The van der Waals surface area contributed by atoms with E-state index in [2.05, 4.69) is 94.2 Å². The average Bonchev–Trinajstić information content (AvgIpc) is 3.61. The zero-order chi connectivity index (χ0) is 36.0. The third-order valence-electron chi connectivity index (χ3n) is 7.86. The summed E-state index contributed by atoms with van der Waals surface area (Å²) in [6, 6.07) is 12.6. The summed E-state index contributed by atoms with van der Waals surface area (Å²) in [7, 11) is -3.62. The monoisotopic (exact) mass is 696 g/mol. The van der Waals surface area contributed by atoms with Crippen molar-refractivity contribution in [2.45, 2.75) is 79.0 Å². The van der Waals surface area contributed by atoms with Gasteiger partial charge in [0.1, 0.15) is 23.1 Å². The van der Waals surface area contributed by atoms with Gasteiger partial charge in [0.25, 0.3) is 0 Å². The molecule has 0 saturated carbocycles. The molecular weight excluding hydrogens is 657 g/mol. The fourth-order valence-electron chi connectivity index (χ4n) is 5.74. The number of nitrogens with one attached hydrogen (secondary N) is 2. The second kappa shape index (κ2) is 13.1. The molecule has 2 N–H and O–H groups in total. The average molecular weight is 697 g/mol. The van der Waals surface area contributed by atoms with Crippen LogP contribution in [0.2, 0.25) is 0 Å². The second-order valence-electron chi connectivity index (χ2n) is 13.5. The van der Waals surface area contributed by atoms with Crippen LogP contribution in [0.15, 0.2) is 44.9 Å². The van der Waals surface area contributed by atoms with Gasteiger partial charge >= 0.3 is 0 Å². The Hall–Kier alpha value is -5.00. The van der Waals surface area contributed by atoms with E-state index in [1.165, 1.54) is 10.2 Å². The summed E-state index contributed by atoms with van der Waals surface area (Å²) in [5.41, 5.74) is 9.81. The van der Waals surface area contributed by atoms with E-state index >= 15 is 0 Å². The van der Waals surface area contributed by atoms with Crippen molar-refractivity contribution in [1.29, 1.82) is 5.26 Å². The van der Waals surface area contributed by atoms with Crippen LogP contribution in [-0.4, -0.2) is 39.6 Å². The first-order valence-corrected chi connectivity index (χ1v) is 18.3. The number of rotatable bonds is 8. The molecule has 254 valence electrons. The molecule has 3 aromatic heterocycles. The van der Waals surface area contributed by atoms with Gasteiger partial charge < -0.3 is 10.6 Å². The lowest BCUT2D eigenvalue weighted by atomic mass is 9.90. The van der Waals surface area contributed by atoms with Gasteiger partial charge in [0.05, 0.1) is 5.69 Å². The number of hydrogen-bond donors (Lipinski definition) is 2. The molecule has 0 aliphatic carbocycles.